The van der Waals surface area contributed by atoms with Crippen LogP contribution >= 0.6 is 0 Å². The summed E-state index contributed by atoms with van der Waals surface area (Å²) in [6.07, 6.45) is 0.964. The fourth-order valence-corrected chi connectivity index (χ4v) is 2.22. The predicted octanol–water partition coefficient (Wildman–Crippen LogP) is 1.65. The highest BCUT2D eigenvalue weighted by Gasteiger charge is 2.33. The van der Waals surface area contributed by atoms with Gasteiger partial charge in [0.25, 0.3) is 0 Å². The molecule has 19 heavy (non-hydrogen) atoms. The highest BCUT2D eigenvalue weighted by Crippen LogP contribution is 2.25. The second-order valence-electron chi connectivity index (χ2n) is 4.79. The van der Waals surface area contributed by atoms with Crippen LogP contribution in [0.2, 0.25) is 0 Å². The second-order valence-corrected chi connectivity index (χ2v) is 4.79. The summed E-state index contributed by atoms with van der Waals surface area (Å²) in [7, 11) is 0. The van der Waals surface area contributed by atoms with Crippen molar-refractivity contribution in [3.8, 4) is 0 Å². The van der Waals surface area contributed by atoms with E-state index in [0.717, 1.165) is 13.0 Å². The molecule has 1 aliphatic rings. The molecule has 3 atom stereocenters. The third-order valence-corrected chi connectivity index (χ3v) is 3.29. The van der Waals surface area contributed by atoms with Gasteiger partial charge in [0.1, 0.15) is 6.10 Å². The highest BCUT2D eigenvalue weighted by atomic mass is 16.5. The molecule has 108 valence electrons. The molecule has 2 heterocycles. The Hall–Kier alpha value is -0.980. The summed E-state index contributed by atoms with van der Waals surface area (Å²) in [5.41, 5.74) is 0. The predicted molar refractivity (Wildman–Crippen MR) is 70.0 cm³/mol. The second kappa shape index (κ2) is 6.98. The van der Waals surface area contributed by atoms with Gasteiger partial charge >= 0.3 is 0 Å². The molecular weight excluding hydrogens is 246 g/mol. The van der Waals surface area contributed by atoms with Gasteiger partial charge in [0, 0.05) is 12.6 Å². The number of aromatic nitrogens is 2. The van der Waals surface area contributed by atoms with Crippen molar-refractivity contribution in [3.05, 3.63) is 11.7 Å². The van der Waals surface area contributed by atoms with Crippen molar-refractivity contribution in [3.63, 3.8) is 0 Å². The van der Waals surface area contributed by atoms with Gasteiger partial charge in [-0.05, 0) is 26.8 Å². The molecule has 0 radical (unpaired) electrons. The average Bonchev–Trinajstić information content (AvgIpc) is 3.05. The van der Waals surface area contributed by atoms with Gasteiger partial charge in [0.15, 0.2) is 5.82 Å². The van der Waals surface area contributed by atoms with Crippen molar-refractivity contribution in [2.75, 3.05) is 26.4 Å². The minimum absolute atomic E-state index is 0.133. The fourth-order valence-electron chi connectivity index (χ4n) is 2.22. The molecule has 1 aromatic rings. The third-order valence-electron chi connectivity index (χ3n) is 3.29. The lowest BCUT2D eigenvalue weighted by molar-refractivity contribution is 0.0683. The van der Waals surface area contributed by atoms with Crippen LogP contribution in [0.1, 0.15) is 50.9 Å². The summed E-state index contributed by atoms with van der Waals surface area (Å²) in [4.78, 5) is 4.45. The van der Waals surface area contributed by atoms with Gasteiger partial charge in [-0.2, -0.15) is 4.98 Å². The van der Waals surface area contributed by atoms with Gasteiger partial charge in [-0.15, -0.1) is 0 Å². The lowest BCUT2D eigenvalue weighted by Gasteiger charge is -2.15. The summed E-state index contributed by atoms with van der Waals surface area (Å²) in [6, 6.07) is 0.260. The van der Waals surface area contributed by atoms with Crippen LogP contribution < -0.4 is 5.32 Å². The quantitative estimate of drug-likeness (QED) is 0.811. The fraction of sp³-hybridized carbons (Fsp3) is 0.846. The summed E-state index contributed by atoms with van der Waals surface area (Å²) < 4.78 is 16.3. The number of nitrogens with zero attached hydrogens (tertiary/aromatic N) is 2. The van der Waals surface area contributed by atoms with Crippen LogP contribution in [0.4, 0.5) is 0 Å². The minimum Gasteiger partial charge on any atom is -0.379 e. The van der Waals surface area contributed by atoms with E-state index >= 15 is 0 Å². The van der Waals surface area contributed by atoms with Crippen LogP contribution in [0.5, 0.6) is 0 Å². The van der Waals surface area contributed by atoms with E-state index in [4.69, 9.17) is 14.0 Å². The molecule has 1 N–H and O–H groups in total. The molecule has 1 fully saturated rings. The molecule has 2 rings (SSSR count). The molecule has 3 unspecified atom stereocenters. The van der Waals surface area contributed by atoms with E-state index in [0.29, 0.717) is 31.5 Å². The first-order chi connectivity index (χ1) is 9.26. The van der Waals surface area contributed by atoms with Gasteiger partial charge in [0.05, 0.1) is 19.1 Å². The lowest BCUT2D eigenvalue weighted by atomic mass is 10.0. The maximum absolute atomic E-state index is 5.52. The number of hydrogen-bond donors (Lipinski definition) is 1. The average molecular weight is 269 g/mol. The Morgan fingerprint density at radius 2 is 2.26 bits per heavy atom. The molecule has 0 bridgehead atoms. The Bertz CT molecular complexity index is 383. The Balaban J connectivity index is 2.00. The number of nitrogens with one attached hydrogen (secondary N) is 1. The van der Waals surface area contributed by atoms with Crippen LogP contribution in [-0.4, -0.2) is 42.5 Å². The normalized spacial score (nSPS) is 24.8. The van der Waals surface area contributed by atoms with Crippen LogP contribution in [0.15, 0.2) is 4.52 Å². The molecular formula is C13H23N3O3. The molecule has 6 heteroatoms. The molecule has 0 saturated carbocycles. The molecule has 1 aromatic heterocycles. The van der Waals surface area contributed by atoms with E-state index in [-0.39, 0.29) is 18.1 Å². The van der Waals surface area contributed by atoms with Gasteiger partial charge in [0.2, 0.25) is 5.89 Å². The van der Waals surface area contributed by atoms with E-state index in [2.05, 4.69) is 22.4 Å². The molecule has 0 amide bonds. The summed E-state index contributed by atoms with van der Waals surface area (Å²) in [5.74, 6) is 1.40. The summed E-state index contributed by atoms with van der Waals surface area (Å²) in [5, 5.41) is 7.46. The Morgan fingerprint density at radius 1 is 1.42 bits per heavy atom. The number of ether oxygens (including phenoxy) is 2. The standard InChI is InChI=1S/C13H23N3O3/c1-4-6-14-11-8-17-7-10(11)13-15-12(16-19-13)9(3)18-5-2/h9-11,14H,4-8H2,1-3H3. The first-order valence-corrected chi connectivity index (χ1v) is 7.02. The van der Waals surface area contributed by atoms with E-state index in [1.807, 2.05) is 13.8 Å². The molecule has 1 aliphatic heterocycles. The molecule has 0 spiro atoms. The minimum atomic E-state index is -0.133. The zero-order valence-corrected chi connectivity index (χ0v) is 11.9. The zero-order chi connectivity index (χ0) is 13.7. The van der Waals surface area contributed by atoms with Gasteiger partial charge in [-0.25, -0.2) is 0 Å². The monoisotopic (exact) mass is 269 g/mol. The number of hydrogen-bond acceptors (Lipinski definition) is 6. The first-order valence-electron chi connectivity index (χ1n) is 7.02. The van der Waals surface area contributed by atoms with Crippen molar-refractivity contribution in [1.82, 2.24) is 15.5 Å². The van der Waals surface area contributed by atoms with Gasteiger partial charge in [-0.3, -0.25) is 0 Å². The molecule has 0 aliphatic carbocycles. The van der Waals surface area contributed by atoms with Crippen LogP contribution in [0.25, 0.3) is 0 Å². The first kappa shape index (κ1) is 14.4. The van der Waals surface area contributed by atoms with Crippen molar-refractivity contribution in [2.24, 2.45) is 0 Å². The van der Waals surface area contributed by atoms with Crippen molar-refractivity contribution in [1.29, 1.82) is 0 Å². The van der Waals surface area contributed by atoms with Crippen LogP contribution in [0.3, 0.4) is 0 Å². The van der Waals surface area contributed by atoms with Gasteiger partial charge in [-0.1, -0.05) is 12.1 Å². The van der Waals surface area contributed by atoms with Crippen LogP contribution in [-0.2, 0) is 9.47 Å². The number of rotatable bonds is 7. The Kier molecular flexibility index (Phi) is 5.30. The maximum Gasteiger partial charge on any atom is 0.233 e. The molecule has 1 saturated heterocycles. The Morgan fingerprint density at radius 3 is 3.00 bits per heavy atom. The topological polar surface area (TPSA) is 69.4 Å². The van der Waals surface area contributed by atoms with Crippen molar-refractivity contribution < 1.29 is 14.0 Å². The van der Waals surface area contributed by atoms with E-state index in [1.54, 1.807) is 0 Å². The summed E-state index contributed by atoms with van der Waals surface area (Å²) >= 11 is 0. The lowest BCUT2D eigenvalue weighted by Crippen LogP contribution is -2.35. The third kappa shape index (κ3) is 3.52. The maximum atomic E-state index is 5.52. The largest absolute Gasteiger partial charge is 0.379 e. The zero-order valence-electron chi connectivity index (χ0n) is 11.9. The van der Waals surface area contributed by atoms with E-state index in [1.165, 1.54) is 0 Å². The van der Waals surface area contributed by atoms with Gasteiger partial charge < -0.3 is 19.3 Å². The summed E-state index contributed by atoms with van der Waals surface area (Å²) in [6.45, 7) is 8.96. The molecule has 6 nitrogen and oxygen atoms in total. The van der Waals surface area contributed by atoms with Crippen molar-refractivity contribution >= 4 is 0 Å². The van der Waals surface area contributed by atoms with E-state index < -0.39 is 0 Å². The van der Waals surface area contributed by atoms with Crippen molar-refractivity contribution in [2.45, 2.75) is 45.3 Å². The van der Waals surface area contributed by atoms with E-state index in [9.17, 15) is 0 Å². The highest BCUT2D eigenvalue weighted by molar-refractivity contribution is 5.03. The Labute approximate surface area is 113 Å². The SMILES string of the molecule is CCCNC1COCC1c1nc(C(C)OCC)no1. The van der Waals surface area contributed by atoms with Crippen LogP contribution in [0, 0.1) is 0 Å². The molecule has 0 aromatic carbocycles. The smallest absolute Gasteiger partial charge is 0.233 e.